The quantitative estimate of drug-likeness (QED) is 0.492. The van der Waals surface area contributed by atoms with Gasteiger partial charge in [-0.1, -0.05) is 30.3 Å². The molecule has 0 bridgehead atoms. The van der Waals surface area contributed by atoms with Gasteiger partial charge in [-0.05, 0) is 12.1 Å². The second-order valence-corrected chi connectivity index (χ2v) is 7.57. The molecule has 1 aliphatic rings. The zero-order chi connectivity index (χ0) is 22.3. The Morgan fingerprint density at radius 3 is 2.47 bits per heavy atom. The van der Waals surface area contributed by atoms with Gasteiger partial charge in [-0.15, -0.1) is 0 Å². The summed E-state index contributed by atoms with van der Waals surface area (Å²) in [5.74, 6) is 2.10. The lowest BCUT2D eigenvalue weighted by Crippen LogP contribution is -2.49. The van der Waals surface area contributed by atoms with Crippen molar-refractivity contribution >= 4 is 23.5 Å². The van der Waals surface area contributed by atoms with Gasteiger partial charge in [-0.3, -0.25) is 9.59 Å². The first-order chi connectivity index (χ1) is 15.6. The third kappa shape index (κ3) is 5.23. The van der Waals surface area contributed by atoms with Crippen LogP contribution in [-0.4, -0.2) is 70.9 Å². The summed E-state index contributed by atoms with van der Waals surface area (Å²) >= 11 is 0. The Hall–Kier alpha value is -3.88. The first-order valence-corrected chi connectivity index (χ1v) is 10.7. The maximum absolute atomic E-state index is 12.6. The van der Waals surface area contributed by atoms with E-state index in [4.69, 9.17) is 4.98 Å². The van der Waals surface area contributed by atoms with Gasteiger partial charge in [0.25, 0.3) is 5.91 Å². The number of hydrogen-bond acceptors (Lipinski definition) is 6. The van der Waals surface area contributed by atoms with Crippen molar-refractivity contribution in [2.75, 3.05) is 49.5 Å². The minimum Gasteiger partial charge on any atom is -0.368 e. The SMILES string of the molecule is CC(=O)NCCNc1cc(N2CCN(C(=O)c3ccc[nH]3)CC2)nc(-c2ccccc2)n1. The Bertz CT molecular complexity index is 1050. The summed E-state index contributed by atoms with van der Waals surface area (Å²) in [7, 11) is 0. The molecule has 9 nitrogen and oxygen atoms in total. The van der Waals surface area contributed by atoms with Crippen LogP contribution in [-0.2, 0) is 4.79 Å². The van der Waals surface area contributed by atoms with E-state index in [-0.39, 0.29) is 11.8 Å². The molecule has 1 aliphatic heterocycles. The van der Waals surface area contributed by atoms with E-state index < -0.39 is 0 Å². The largest absolute Gasteiger partial charge is 0.368 e. The molecule has 0 unspecified atom stereocenters. The van der Waals surface area contributed by atoms with Gasteiger partial charge in [0.15, 0.2) is 5.82 Å². The number of benzene rings is 1. The van der Waals surface area contributed by atoms with Crippen LogP contribution in [0, 0.1) is 0 Å². The first-order valence-electron chi connectivity index (χ1n) is 10.7. The summed E-state index contributed by atoms with van der Waals surface area (Å²) in [5, 5.41) is 6.05. The molecule has 0 saturated carbocycles. The van der Waals surface area contributed by atoms with Gasteiger partial charge in [0.2, 0.25) is 5.91 Å². The summed E-state index contributed by atoms with van der Waals surface area (Å²) in [4.78, 5) is 40.2. The normalized spacial score (nSPS) is 13.7. The minimum atomic E-state index is -0.0630. The van der Waals surface area contributed by atoms with Gasteiger partial charge in [-0.25, -0.2) is 9.97 Å². The van der Waals surface area contributed by atoms with Crippen LogP contribution in [0.25, 0.3) is 11.4 Å². The van der Waals surface area contributed by atoms with Gasteiger partial charge in [0.05, 0.1) is 0 Å². The smallest absolute Gasteiger partial charge is 0.270 e. The van der Waals surface area contributed by atoms with Crippen molar-refractivity contribution in [2.24, 2.45) is 0 Å². The number of piperazine rings is 1. The number of hydrogen-bond donors (Lipinski definition) is 3. The van der Waals surface area contributed by atoms with E-state index in [1.165, 1.54) is 6.92 Å². The van der Waals surface area contributed by atoms with Gasteiger partial charge in [0, 0.05) is 64.0 Å². The zero-order valence-corrected chi connectivity index (χ0v) is 18.0. The lowest BCUT2D eigenvalue weighted by atomic mass is 10.2. The maximum Gasteiger partial charge on any atom is 0.270 e. The average molecular weight is 434 g/mol. The van der Waals surface area contributed by atoms with Crippen LogP contribution in [0.15, 0.2) is 54.7 Å². The molecule has 0 atom stereocenters. The fourth-order valence-corrected chi connectivity index (χ4v) is 3.60. The van der Waals surface area contributed by atoms with Crippen LogP contribution >= 0.6 is 0 Å². The van der Waals surface area contributed by atoms with Crippen molar-refractivity contribution in [2.45, 2.75) is 6.92 Å². The zero-order valence-electron chi connectivity index (χ0n) is 18.0. The fourth-order valence-electron chi connectivity index (χ4n) is 3.60. The highest BCUT2D eigenvalue weighted by Crippen LogP contribution is 2.23. The Morgan fingerprint density at radius 1 is 1.00 bits per heavy atom. The van der Waals surface area contributed by atoms with Crippen molar-refractivity contribution in [3.63, 3.8) is 0 Å². The topological polar surface area (TPSA) is 106 Å². The Morgan fingerprint density at radius 2 is 1.78 bits per heavy atom. The fraction of sp³-hybridized carbons (Fsp3) is 0.304. The summed E-state index contributed by atoms with van der Waals surface area (Å²) in [5.41, 5.74) is 1.54. The summed E-state index contributed by atoms with van der Waals surface area (Å²) in [6.45, 7) is 5.17. The molecular formula is C23H27N7O2. The van der Waals surface area contributed by atoms with Gasteiger partial charge >= 0.3 is 0 Å². The number of carbonyl (C=O) groups excluding carboxylic acids is 2. The lowest BCUT2D eigenvalue weighted by Gasteiger charge is -2.35. The van der Waals surface area contributed by atoms with Gasteiger partial charge < -0.3 is 25.4 Å². The molecule has 3 N–H and O–H groups in total. The maximum atomic E-state index is 12.6. The van der Waals surface area contributed by atoms with Crippen molar-refractivity contribution < 1.29 is 9.59 Å². The molecule has 2 aromatic heterocycles. The summed E-state index contributed by atoms with van der Waals surface area (Å²) < 4.78 is 0. The Balaban J connectivity index is 1.49. The molecule has 9 heteroatoms. The molecule has 0 radical (unpaired) electrons. The van der Waals surface area contributed by atoms with Crippen LogP contribution in [0.1, 0.15) is 17.4 Å². The number of aromatic amines is 1. The molecule has 2 amide bonds. The Labute approximate surface area is 186 Å². The predicted molar refractivity (Wildman–Crippen MR) is 124 cm³/mol. The molecule has 3 heterocycles. The van der Waals surface area contributed by atoms with Crippen LogP contribution in [0.4, 0.5) is 11.6 Å². The highest BCUT2D eigenvalue weighted by molar-refractivity contribution is 5.92. The number of nitrogens with one attached hydrogen (secondary N) is 3. The first kappa shape index (κ1) is 21.4. The number of anilines is 2. The molecule has 1 saturated heterocycles. The molecule has 0 aliphatic carbocycles. The van der Waals surface area contributed by atoms with E-state index in [2.05, 4.69) is 25.5 Å². The van der Waals surface area contributed by atoms with Crippen LogP contribution < -0.4 is 15.5 Å². The van der Waals surface area contributed by atoms with Crippen LogP contribution in [0.3, 0.4) is 0 Å². The molecule has 3 aromatic rings. The summed E-state index contributed by atoms with van der Waals surface area (Å²) in [6, 6.07) is 15.4. The van der Waals surface area contributed by atoms with E-state index in [1.807, 2.05) is 47.4 Å². The standard InChI is InChI=1S/C23H27N7O2/c1-17(31)24-10-11-26-20-16-21(28-22(27-20)18-6-3-2-4-7-18)29-12-14-30(15-13-29)23(32)19-8-5-9-25-19/h2-9,16,25H,10-15H2,1H3,(H,24,31)(H,26,27,28). The van der Waals surface area contributed by atoms with E-state index in [0.717, 1.165) is 11.4 Å². The van der Waals surface area contributed by atoms with E-state index in [0.29, 0.717) is 56.6 Å². The van der Waals surface area contributed by atoms with Gasteiger partial charge in [0.1, 0.15) is 17.3 Å². The van der Waals surface area contributed by atoms with Crippen LogP contribution in [0.5, 0.6) is 0 Å². The molecule has 166 valence electrons. The molecule has 1 fully saturated rings. The van der Waals surface area contributed by atoms with Crippen molar-refractivity contribution in [3.8, 4) is 11.4 Å². The average Bonchev–Trinajstić information content (AvgIpc) is 3.37. The summed E-state index contributed by atoms with van der Waals surface area (Å²) in [6.07, 6.45) is 1.76. The van der Waals surface area contributed by atoms with Crippen molar-refractivity contribution in [1.82, 2.24) is 25.2 Å². The highest BCUT2D eigenvalue weighted by atomic mass is 16.2. The monoisotopic (exact) mass is 433 g/mol. The number of nitrogens with zero attached hydrogens (tertiary/aromatic N) is 4. The van der Waals surface area contributed by atoms with E-state index >= 15 is 0 Å². The van der Waals surface area contributed by atoms with Crippen LogP contribution in [0.2, 0.25) is 0 Å². The third-order valence-corrected chi connectivity index (χ3v) is 5.27. The molecular weight excluding hydrogens is 406 g/mol. The number of aromatic nitrogens is 3. The third-order valence-electron chi connectivity index (χ3n) is 5.27. The van der Waals surface area contributed by atoms with Crippen molar-refractivity contribution in [3.05, 3.63) is 60.4 Å². The lowest BCUT2D eigenvalue weighted by molar-refractivity contribution is -0.118. The number of H-pyrrole nitrogens is 1. The molecule has 0 spiro atoms. The second-order valence-electron chi connectivity index (χ2n) is 7.57. The molecule has 4 rings (SSSR count). The minimum absolute atomic E-state index is 0.0163. The second kappa shape index (κ2) is 9.95. The highest BCUT2D eigenvalue weighted by Gasteiger charge is 2.24. The van der Waals surface area contributed by atoms with E-state index in [1.54, 1.807) is 12.3 Å². The number of rotatable bonds is 7. The molecule has 1 aromatic carbocycles. The van der Waals surface area contributed by atoms with Crippen molar-refractivity contribution in [1.29, 1.82) is 0 Å². The Kier molecular flexibility index (Phi) is 6.64. The molecule has 32 heavy (non-hydrogen) atoms. The van der Waals surface area contributed by atoms with Gasteiger partial charge in [-0.2, -0.15) is 0 Å². The predicted octanol–water partition coefficient (Wildman–Crippen LogP) is 1.98. The number of carbonyl (C=O) groups is 2. The van der Waals surface area contributed by atoms with E-state index in [9.17, 15) is 9.59 Å². The number of amides is 2.